The van der Waals surface area contributed by atoms with Crippen molar-refractivity contribution in [2.45, 2.75) is 31.7 Å². The topological polar surface area (TPSA) is 142 Å². The molecule has 1 fully saturated rings. The van der Waals surface area contributed by atoms with Gasteiger partial charge in [-0.05, 0) is 6.92 Å². The molecule has 4 unspecified atom stereocenters. The van der Waals surface area contributed by atoms with Crippen LogP contribution in [0.2, 0.25) is 0 Å². The smallest absolute Gasteiger partial charge is 0.327 e. The van der Waals surface area contributed by atoms with Crippen molar-refractivity contribution in [2.75, 3.05) is 0 Å². The van der Waals surface area contributed by atoms with E-state index >= 15 is 0 Å². The van der Waals surface area contributed by atoms with Gasteiger partial charge in [-0.3, -0.25) is 9.59 Å². The number of carboxylic acids is 1. The fourth-order valence-electron chi connectivity index (χ4n) is 1.58. The lowest BCUT2D eigenvalue weighted by Crippen LogP contribution is -2.52. The van der Waals surface area contributed by atoms with Crippen LogP contribution in [-0.4, -0.2) is 46.3 Å². The van der Waals surface area contributed by atoms with Gasteiger partial charge >= 0.3 is 5.97 Å². The Balaban J connectivity index is 2.76. The first-order chi connectivity index (χ1) is 7.82. The number of carboxylic acid groups (broad SMARTS) is 1. The van der Waals surface area contributed by atoms with Crippen LogP contribution in [0.1, 0.15) is 13.3 Å². The van der Waals surface area contributed by atoms with Gasteiger partial charge in [0, 0.05) is 6.42 Å². The van der Waals surface area contributed by atoms with Gasteiger partial charge in [0.1, 0.15) is 12.3 Å². The summed E-state index contributed by atoms with van der Waals surface area (Å²) in [7, 11) is 0. The minimum atomic E-state index is -1.38. The van der Waals surface area contributed by atoms with Gasteiger partial charge < -0.3 is 26.6 Å². The Hall–Kier alpha value is -1.67. The molecule has 17 heavy (non-hydrogen) atoms. The number of rotatable bonds is 4. The quantitative estimate of drug-likeness (QED) is 0.366. The summed E-state index contributed by atoms with van der Waals surface area (Å²) in [6, 6.07) is -2.25. The van der Waals surface area contributed by atoms with Crippen LogP contribution in [0.3, 0.4) is 0 Å². The Kier molecular flexibility index (Phi) is 4.02. The molecule has 8 nitrogen and oxygen atoms in total. The van der Waals surface area contributed by atoms with E-state index in [1.165, 1.54) is 6.92 Å². The van der Waals surface area contributed by atoms with Crippen LogP contribution >= 0.6 is 0 Å². The summed E-state index contributed by atoms with van der Waals surface area (Å²) in [5, 5.41) is 22.5. The molecule has 0 aromatic rings. The van der Waals surface area contributed by atoms with E-state index in [1.54, 1.807) is 0 Å². The SMILES string of the molecule is CC(N)C(=O)NC(C(=O)O)C1CC(O)NC1=O. The summed E-state index contributed by atoms with van der Waals surface area (Å²) in [6.45, 7) is 1.40. The van der Waals surface area contributed by atoms with Crippen LogP contribution in [0.25, 0.3) is 0 Å². The molecule has 1 rings (SSSR count). The fourth-order valence-corrected chi connectivity index (χ4v) is 1.58. The number of carbonyl (C=O) groups excluding carboxylic acids is 2. The molecular formula is C9H15N3O5. The van der Waals surface area contributed by atoms with E-state index < -0.39 is 42.0 Å². The Morgan fingerprint density at radius 3 is 2.53 bits per heavy atom. The summed E-state index contributed by atoms with van der Waals surface area (Å²) >= 11 is 0. The monoisotopic (exact) mass is 245 g/mol. The largest absolute Gasteiger partial charge is 0.480 e. The van der Waals surface area contributed by atoms with Crippen molar-refractivity contribution in [1.29, 1.82) is 0 Å². The van der Waals surface area contributed by atoms with Gasteiger partial charge in [0.15, 0.2) is 0 Å². The predicted molar refractivity (Wildman–Crippen MR) is 55.5 cm³/mol. The zero-order chi connectivity index (χ0) is 13.2. The van der Waals surface area contributed by atoms with Gasteiger partial charge in [0.25, 0.3) is 0 Å². The lowest BCUT2D eigenvalue weighted by molar-refractivity contribution is -0.145. The second-order valence-electron chi connectivity index (χ2n) is 3.98. The predicted octanol–water partition coefficient (Wildman–Crippen LogP) is -2.64. The molecule has 1 saturated heterocycles. The molecule has 8 heteroatoms. The van der Waals surface area contributed by atoms with Crippen molar-refractivity contribution in [3.63, 3.8) is 0 Å². The summed E-state index contributed by atoms with van der Waals surface area (Å²) in [5.74, 6) is -3.60. The first kappa shape index (κ1) is 13.4. The maximum absolute atomic E-state index is 11.4. The molecule has 0 bridgehead atoms. The van der Waals surface area contributed by atoms with Crippen LogP contribution in [0.4, 0.5) is 0 Å². The van der Waals surface area contributed by atoms with Gasteiger partial charge in [-0.15, -0.1) is 0 Å². The average Bonchev–Trinajstić information content (AvgIpc) is 2.53. The summed E-state index contributed by atoms with van der Waals surface area (Å²) in [6.07, 6.45) is -1.14. The molecule has 0 aliphatic carbocycles. The summed E-state index contributed by atoms with van der Waals surface area (Å²) < 4.78 is 0. The molecule has 2 amide bonds. The third-order valence-electron chi connectivity index (χ3n) is 2.50. The highest BCUT2D eigenvalue weighted by Crippen LogP contribution is 2.18. The zero-order valence-electron chi connectivity index (χ0n) is 9.21. The fraction of sp³-hybridized carbons (Fsp3) is 0.667. The number of carbonyl (C=O) groups is 3. The number of amides is 2. The maximum atomic E-state index is 11.4. The van der Waals surface area contributed by atoms with Crippen LogP contribution in [0, 0.1) is 5.92 Å². The van der Waals surface area contributed by atoms with Crippen molar-refractivity contribution in [2.24, 2.45) is 11.7 Å². The Morgan fingerprint density at radius 1 is 1.59 bits per heavy atom. The van der Waals surface area contributed by atoms with E-state index in [4.69, 9.17) is 10.8 Å². The molecule has 4 atom stereocenters. The van der Waals surface area contributed by atoms with E-state index in [9.17, 15) is 19.5 Å². The molecule has 96 valence electrons. The highest BCUT2D eigenvalue weighted by atomic mass is 16.4. The Bertz CT molecular complexity index is 344. The highest BCUT2D eigenvalue weighted by Gasteiger charge is 2.41. The molecule has 1 heterocycles. The van der Waals surface area contributed by atoms with Crippen molar-refractivity contribution >= 4 is 17.8 Å². The standard InChI is InChI=1S/C9H15N3O5/c1-3(10)7(14)12-6(9(16)17)4-2-5(13)11-8(4)15/h3-6,13H,2,10H2,1H3,(H,11,15)(H,12,14)(H,16,17). The molecule has 0 aromatic carbocycles. The maximum Gasteiger partial charge on any atom is 0.327 e. The van der Waals surface area contributed by atoms with Crippen LogP contribution < -0.4 is 16.4 Å². The first-order valence-corrected chi connectivity index (χ1v) is 5.10. The summed E-state index contributed by atoms with van der Waals surface area (Å²) in [4.78, 5) is 33.7. The number of aliphatic carboxylic acids is 1. The number of aliphatic hydroxyl groups is 1. The number of hydrogen-bond donors (Lipinski definition) is 5. The van der Waals surface area contributed by atoms with E-state index in [0.717, 1.165) is 0 Å². The van der Waals surface area contributed by atoms with Gasteiger partial charge in [0.2, 0.25) is 11.8 Å². The van der Waals surface area contributed by atoms with Crippen molar-refractivity contribution in [3.8, 4) is 0 Å². The van der Waals surface area contributed by atoms with Gasteiger partial charge in [-0.1, -0.05) is 0 Å². The van der Waals surface area contributed by atoms with Crippen molar-refractivity contribution in [3.05, 3.63) is 0 Å². The van der Waals surface area contributed by atoms with Gasteiger partial charge in [0.05, 0.1) is 12.0 Å². The van der Waals surface area contributed by atoms with Gasteiger partial charge in [-0.2, -0.15) is 0 Å². The average molecular weight is 245 g/mol. The number of hydrogen-bond acceptors (Lipinski definition) is 5. The molecule has 1 aliphatic heterocycles. The minimum Gasteiger partial charge on any atom is -0.480 e. The second-order valence-corrected chi connectivity index (χ2v) is 3.98. The highest BCUT2D eigenvalue weighted by molar-refractivity contribution is 5.92. The normalized spacial score (nSPS) is 27.1. The lowest BCUT2D eigenvalue weighted by Gasteiger charge is -2.19. The number of aliphatic hydroxyl groups excluding tert-OH is 1. The Morgan fingerprint density at radius 2 is 2.18 bits per heavy atom. The second kappa shape index (κ2) is 5.11. The molecule has 0 radical (unpaired) electrons. The van der Waals surface area contributed by atoms with E-state index in [-0.39, 0.29) is 6.42 Å². The number of nitrogens with two attached hydrogens (primary N) is 1. The van der Waals surface area contributed by atoms with Gasteiger partial charge in [-0.25, -0.2) is 4.79 Å². The van der Waals surface area contributed by atoms with Crippen molar-refractivity contribution in [1.82, 2.24) is 10.6 Å². The third kappa shape index (κ3) is 3.14. The molecule has 0 aromatic heterocycles. The zero-order valence-corrected chi connectivity index (χ0v) is 9.21. The molecule has 0 spiro atoms. The molecule has 1 aliphatic rings. The van der Waals surface area contributed by atoms with E-state index in [1.807, 2.05) is 0 Å². The van der Waals surface area contributed by atoms with E-state index in [0.29, 0.717) is 0 Å². The molecule has 0 saturated carbocycles. The summed E-state index contributed by atoms with van der Waals surface area (Å²) in [5.41, 5.74) is 5.29. The first-order valence-electron chi connectivity index (χ1n) is 5.10. The minimum absolute atomic E-state index is 0.0605. The number of nitrogens with one attached hydrogen (secondary N) is 2. The Labute approximate surface area is 97.2 Å². The van der Waals surface area contributed by atoms with Crippen LogP contribution in [-0.2, 0) is 14.4 Å². The molecule has 6 N–H and O–H groups in total. The lowest BCUT2D eigenvalue weighted by atomic mass is 9.97. The van der Waals surface area contributed by atoms with Crippen molar-refractivity contribution < 1.29 is 24.6 Å². The van der Waals surface area contributed by atoms with Crippen LogP contribution in [0.5, 0.6) is 0 Å². The molecular weight excluding hydrogens is 230 g/mol. The third-order valence-corrected chi connectivity index (χ3v) is 2.50. The van der Waals surface area contributed by atoms with Crippen LogP contribution in [0.15, 0.2) is 0 Å². The van der Waals surface area contributed by atoms with E-state index in [2.05, 4.69) is 10.6 Å².